The van der Waals surface area contributed by atoms with Crippen LogP contribution in [0.1, 0.15) is 22.8 Å². The molecule has 0 atom stereocenters. The van der Waals surface area contributed by atoms with Crippen molar-refractivity contribution in [3.8, 4) is 0 Å². The quantitative estimate of drug-likeness (QED) is 0.531. The van der Waals surface area contributed by atoms with Gasteiger partial charge >= 0.3 is 0 Å². The summed E-state index contributed by atoms with van der Waals surface area (Å²) in [7, 11) is 0. The van der Waals surface area contributed by atoms with Crippen molar-refractivity contribution >= 4 is 23.1 Å². The van der Waals surface area contributed by atoms with Gasteiger partial charge in [0.2, 0.25) is 5.91 Å². The molecule has 0 heterocycles. The molecule has 21 heavy (non-hydrogen) atoms. The molecule has 0 spiro atoms. The average Bonchev–Trinajstić information content (AvgIpc) is 2.46. The predicted octanol–water partition coefficient (Wildman–Crippen LogP) is 2.78. The molecule has 106 valence electrons. The molecule has 0 saturated carbocycles. The first-order valence-electron chi connectivity index (χ1n) is 6.15. The van der Waals surface area contributed by atoms with Crippen LogP contribution >= 0.6 is 0 Å². The molecule has 0 unspecified atom stereocenters. The molecule has 0 aliphatic carbocycles. The number of anilines is 1. The first kappa shape index (κ1) is 14.4. The van der Waals surface area contributed by atoms with Crippen molar-refractivity contribution in [2.75, 3.05) is 5.32 Å². The number of ketones is 1. The highest BCUT2D eigenvalue weighted by Crippen LogP contribution is 2.26. The monoisotopic (exact) mass is 284 g/mol. The second kappa shape index (κ2) is 5.96. The second-order valence-corrected chi connectivity index (χ2v) is 4.37. The van der Waals surface area contributed by atoms with Crippen LogP contribution in [0.15, 0.2) is 48.5 Å². The van der Waals surface area contributed by atoms with E-state index in [1.807, 2.05) is 0 Å². The first-order valence-corrected chi connectivity index (χ1v) is 6.15. The smallest absolute Gasteiger partial charge is 0.292 e. The van der Waals surface area contributed by atoms with E-state index >= 15 is 0 Å². The summed E-state index contributed by atoms with van der Waals surface area (Å²) in [5, 5.41) is 13.3. The number of rotatable bonds is 4. The molecular formula is C15H12N2O4. The fraction of sp³-hybridized carbons (Fsp3) is 0.0667. The van der Waals surface area contributed by atoms with Gasteiger partial charge in [0.25, 0.3) is 5.69 Å². The number of nitrogens with zero attached hydrogens (tertiary/aromatic N) is 1. The molecule has 0 radical (unpaired) electrons. The standard InChI is InChI=1S/C15H12N2O4/c1-10(18)16-13-9-12(7-8-14(13)17(20)21)15(19)11-5-3-2-4-6-11/h2-9H,1H3,(H,16,18). The zero-order valence-corrected chi connectivity index (χ0v) is 11.2. The van der Waals surface area contributed by atoms with Crippen LogP contribution in [0.5, 0.6) is 0 Å². The number of hydrogen-bond acceptors (Lipinski definition) is 4. The van der Waals surface area contributed by atoms with Crippen molar-refractivity contribution in [3.63, 3.8) is 0 Å². The number of nitro benzene ring substituents is 1. The Bertz CT molecular complexity index is 711. The Morgan fingerprint density at radius 1 is 1.05 bits per heavy atom. The number of carbonyl (C=O) groups is 2. The van der Waals surface area contributed by atoms with E-state index in [0.717, 1.165) is 0 Å². The lowest BCUT2D eigenvalue weighted by Gasteiger charge is -2.06. The number of amides is 1. The van der Waals surface area contributed by atoms with Crippen LogP contribution in [0.4, 0.5) is 11.4 Å². The van der Waals surface area contributed by atoms with Crippen molar-refractivity contribution in [3.05, 3.63) is 69.8 Å². The number of carbonyl (C=O) groups excluding carboxylic acids is 2. The van der Waals surface area contributed by atoms with Gasteiger partial charge in [-0.05, 0) is 12.1 Å². The largest absolute Gasteiger partial charge is 0.321 e. The molecule has 6 nitrogen and oxygen atoms in total. The Hall–Kier alpha value is -3.02. The van der Waals surface area contributed by atoms with E-state index in [-0.39, 0.29) is 22.7 Å². The van der Waals surface area contributed by atoms with Crippen molar-refractivity contribution in [1.29, 1.82) is 0 Å². The van der Waals surface area contributed by atoms with Crippen LogP contribution < -0.4 is 5.32 Å². The fourth-order valence-electron chi connectivity index (χ4n) is 1.88. The van der Waals surface area contributed by atoms with E-state index in [1.165, 1.54) is 25.1 Å². The third-order valence-corrected chi connectivity index (χ3v) is 2.80. The van der Waals surface area contributed by atoms with Gasteiger partial charge < -0.3 is 5.32 Å². The normalized spacial score (nSPS) is 9.95. The minimum Gasteiger partial charge on any atom is -0.321 e. The van der Waals surface area contributed by atoms with E-state index in [1.54, 1.807) is 30.3 Å². The third-order valence-electron chi connectivity index (χ3n) is 2.80. The van der Waals surface area contributed by atoms with Gasteiger partial charge in [-0.1, -0.05) is 30.3 Å². The molecule has 2 aromatic carbocycles. The Labute approximate surface area is 120 Å². The molecule has 2 rings (SSSR count). The van der Waals surface area contributed by atoms with Crippen LogP contribution in [-0.2, 0) is 4.79 Å². The Kier molecular flexibility index (Phi) is 4.08. The molecule has 0 fully saturated rings. The minimum absolute atomic E-state index is 0.00859. The predicted molar refractivity (Wildman–Crippen MR) is 77.3 cm³/mol. The van der Waals surface area contributed by atoms with Gasteiger partial charge in [0, 0.05) is 24.1 Å². The van der Waals surface area contributed by atoms with E-state index in [0.29, 0.717) is 5.56 Å². The molecular weight excluding hydrogens is 272 g/mol. The minimum atomic E-state index is -0.609. The van der Waals surface area contributed by atoms with Gasteiger partial charge in [-0.15, -0.1) is 0 Å². The Balaban J connectivity index is 2.44. The van der Waals surface area contributed by atoms with E-state index in [2.05, 4.69) is 5.32 Å². The highest BCUT2D eigenvalue weighted by molar-refractivity contribution is 6.10. The molecule has 0 aromatic heterocycles. The Morgan fingerprint density at radius 3 is 2.29 bits per heavy atom. The average molecular weight is 284 g/mol. The summed E-state index contributed by atoms with van der Waals surface area (Å²) in [6.07, 6.45) is 0. The zero-order valence-electron chi connectivity index (χ0n) is 11.2. The Morgan fingerprint density at radius 2 is 1.71 bits per heavy atom. The molecule has 2 aromatic rings. The molecule has 0 bridgehead atoms. The van der Waals surface area contributed by atoms with Gasteiger partial charge in [0.05, 0.1) is 4.92 Å². The molecule has 1 amide bonds. The molecule has 6 heteroatoms. The number of hydrogen-bond donors (Lipinski definition) is 1. The summed E-state index contributed by atoms with van der Waals surface area (Å²) in [4.78, 5) is 33.7. The SMILES string of the molecule is CC(=O)Nc1cc(C(=O)c2ccccc2)ccc1[N+](=O)[O-]. The maximum absolute atomic E-state index is 12.3. The second-order valence-electron chi connectivity index (χ2n) is 4.37. The zero-order chi connectivity index (χ0) is 15.4. The van der Waals surface area contributed by atoms with Crippen molar-refractivity contribution < 1.29 is 14.5 Å². The van der Waals surface area contributed by atoms with Crippen LogP contribution in [0.2, 0.25) is 0 Å². The molecule has 0 saturated heterocycles. The fourth-order valence-corrected chi connectivity index (χ4v) is 1.88. The summed E-state index contributed by atoms with van der Waals surface area (Å²) in [6.45, 7) is 1.25. The van der Waals surface area contributed by atoms with Gasteiger partial charge in [-0.3, -0.25) is 19.7 Å². The third kappa shape index (κ3) is 3.30. The topological polar surface area (TPSA) is 89.3 Å². The van der Waals surface area contributed by atoms with Crippen LogP contribution in [0, 0.1) is 10.1 Å². The summed E-state index contributed by atoms with van der Waals surface area (Å²) in [6, 6.07) is 12.5. The summed E-state index contributed by atoms with van der Waals surface area (Å²) in [5.41, 5.74) is 0.500. The highest BCUT2D eigenvalue weighted by atomic mass is 16.6. The summed E-state index contributed by atoms with van der Waals surface area (Å²) >= 11 is 0. The lowest BCUT2D eigenvalue weighted by atomic mass is 10.0. The van der Waals surface area contributed by atoms with Crippen LogP contribution in [-0.4, -0.2) is 16.6 Å². The van der Waals surface area contributed by atoms with Crippen molar-refractivity contribution in [2.24, 2.45) is 0 Å². The van der Waals surface area contributed by atoms with E-state index < -0.39 is 10.8 Å². The van der Waals surface area contributed by atoms with Gasteiger partial charge in [0.15, 0.2) is 5.78 Å². The molecule has 1 N–H and O–H groups in total. The van der Waals surface area contributed by atoms with Crippen LogP contribution in [0.25, 0.3) is 0 Å². The molecule has 0 aliphatic rings. The lowest BCUT2D eigenvalue weighted by molar-refractivity contribution is -0.383. The number of nitrogens with one attached hydrogen (secondary N) is 1. The first-order chi connectivity index (χ1) is 9.99. The molecule has 0 aliphatic heterocycles. The summed E-state index contributed by atoms with van der Waals surface area (Å²) < 4.78 is 0. The van der Waals surface area contributed by atoms with Crippen molar-refractivity contribution in [2.45, 2.75) is 6.92 Å². The summed E-state index contributed by atoms with van der Waals surface area (Å²) in [5.74, 6) is -0.709. The number of benzene rings is 2. The maximum atomic E-state index is 12.3. The van der Waals surface area contributed by atoms with Gasteiger partial charge in [-0.25, -0.2) is 0 Å². The van der Waals surface area contributed by atoms with Crippen molar-refractivity contribution in [1.82, 2.24) is 0 Å². The number of nitro groups is 1. The van der Waals surface area contributed by atoms with E-state index in [9.17, 15) is 19.7 Å². The lowest BCUT2D eigenvalue weighted by Crippen LogP contribution is -2.10. The van der Waals surface area contributed by atoms with E-state index in [4.69, 9.17) is 0 Å². The highest BCUT2D eigenvalue weighted by Gasteiger charge is 2.18. The van der Waals surface area contributed by atoms with Gasteiger partial charge in [0.1, 0.15) is 5.69 Å². The van der Waals surface area contributed by atoms with Gasteiger partial charge in [-0.2, -0.15) is 0 Å². The van der Waals surface area contributed by atoms with Crippen LogP contribution in [0.3, 0.4) is 0 Å². The maximum Gasteiger partial charge on any atom is 0.292 e.